The van der Waals surface area contributed by atoms with Crippen LogP contribution in [0, 0.1) is 17.2 Å². The van der Waals surface area contributed by atoms with E-state index in [9.17, 15) is 23.6 Å². The van der Waals surface area contributed by atoms with E-state index in [0.717, 1.165) is 0 Å². The molecule has 1 aliphatic carbocycles. The van der Waals surface area contributed by atoms with Crippen molar-refractivity contribution in [3.8, 4) is 6.07 Å². The van der Waals surface area contributed by atoms with E-state index in [1.165, 1.54) is 35.2 Å². The number of hydrogen-bond donors (Lipinski definition) is 1. The molecular formula is C18H14Cl2N2O4S. The highest BCUT2D eigenvalue weighted by Crippen LogP contribution is 2.46. The van der Waals surface area contributed by atoms with Crippen LogP contribution in [0.15, 0.2) is 62.5 Å². The summed E-state index contributed by atoms with van der Waals surface area (Å²) in [5, 5.41) is 19.4. The predicted molar refractivity (Wildman–Crippen MR) is 101 cm³/mol. The summed E-state index contributed by atoms with van der Waals surface area (Å²) in [6.45, 7) is 1.19. The third-order valence-corrected chi connectivity index (χ3v) is 7.14. The number of allylic oxidation sites excluding steroid dienone is 4. The van der Waals surface area contributed by atoms with Crippen LogP contribution in [0.4, 0.5) is 0 Å². The Bertz CT molecular complexity index is 1050. The van der Waals surface area contributed by atoms with E-state index in [1.807, 2.05) is 6.07 Å². The topological polar surface area (TPSA) is 98.5 Å². The Hall–Kier alpha value is -2.27. The van der Waals surface area contributed by atoms with Crippen molar-refractivity contribution < 1.29 is 18.3 Å². The number of hydrogen-bond acceptors (Lipinski definition) is 5. The molecule has 2 unspecified atom stereocenters. The summed E-state index contributed by atoms with van der Waals surface area (Å²) in [5.41, 5.74) is 0.613. The van der Waals surface area contributed by atoms with Crippen molar-refractivity contribution in [3.63, 3.8) is 0 Å². The number of fused-ring (bicyclic) bond motifs is 1. The number of carboxylic acid groups (broad SMARTS) is 1. The van der Waals surface area contributed by atoms with Crippen LogP contribution < -0.4 is 0 Å². The lowest BCUT2D eigenvalue weighted by Crippen LogP contribution is -2.34. The van der Waals surface area contributed by atoms with E-state index in [1.54, 1.807) is 13.0 Å². The van der Waals surface area contributed by atoms with Crippen molar-refractivity contribution in [1.82, 2.24) is 4.90 Å². The number of sulfone groups is 1. The molecule has 2 atom stereocenters. The number of carboxylic acids is 1. The van der Waals surface area contributed by atoms with Gasteiger partial charge in [-0.15, -0.1) is 0 Å². The first-order valence-electron chi connectivity index (χ1n) is 7.89. The minimum absolute atomic E-state index is 0.0140. The summed E-state index contributed by atoms with van der Waals surface area (Å²) < 4.78 is 26.7. The highest BCUT2D eigenvalue weighted by atomic mass is 35.5. The van der Waals surface area contributed by atoms with Gasteiger partial charge in [0.05, 0.1) is 21.9 Å². The molecule has 1 N–H and O–H groups in total. The summed E-state index contributed by atoms with van der Waals surface area (Å²) in [4.78, 5) is 12.7. The fourth-order valence-electron chi connectivity index (χ4n) is 3.33. The maximum absolute atomic E-state index is 13.3. The number of nitriles is 1. The Morgan fingerprint density at radius 2 is 1.89 bits per heavy atom. The molecule has 0 saturated heterocycles. The molecule has 2 aliphatic rings. The highest BCUT2D eigenvalue weighted by molar-refractivity contribution is 7.95. The number of carbonyl (C=O) groups is 1. The Morgan fingerprint density at radius 3 is 2.44 bits per heavy atom. The van der Waals surface area contributed by atoms with Gasteiger partial charge in [-0.1, -0.05) is 23.2 Å². The van der Waals surface area contributed by atoms with Gasteiger partial charge < -0.3 is 10.0 Å². The maximum Gasteiger partial charge on any atom is 0.323 e. The lowest BCUT2D eigenvalue weighted by atomic mass is 9.93. The molecule has 6 nitrogen and oxygen atoms in total. The molecule has 0 amide bonds. The second kappa shape index (κ2) is 7.04. The van der Waals surface area contributed by atoms with Gasteiger partial charge in [0.2, 0.25) is 9.84 Å². The van der Waals surface area contributed by atoms with Gasteiger partial charge in [0.1, 0.15) is 12.5 Å². The van der Waals surface area contributed by atoms with Gasteiger partial charge in [0.15, 0.2) is 0 Å². The van der Waals surface area contributed by atoms with E-state index in [0.29, 0.717) is 10.7 Å². The largest absolute Gasteiger partial charge is 0.480 e. The molecule has 0 spiro atoms. The second-order valence-electron chi connectivity index (χ2n) is 6.10. The number of nitrogens with zero attached hydrogens (tertiary/aromatic N) is 2. The van der Waals surface area contributed by atoms with Crippen molar-refractivity contribution in [3.05, 3.63) is 62.6 Å². The van der Waals surface area contributed by atoms with Crippen molar-refractivity contribution >= 4 is 39.0 Å². The standard InChI is InChI=1S/C18H14Cl2N2O4S/c1-10-18(27(25,26)12-4-2-11(19)3-5-12)17-13(8-21)14(20)6-7-15(17)22(10)9-16(23)24/h2-7,10,13H,9H2,1H3,(H,23,24). The van der Waals surface area contributed by atoms with Crippen LogP contribution in [0.25, 0.3) is 0 Å². The molecular weight excluding hydrogens is 411 g/mol. The zero-order valence-electron chi connectivity index (χ0n) is 14.1. The number of rotatable bonds is 4. The lowest BCUT2D eigenvalue weighted by molar-refractivity contribution is -0.138. The zero-order valence-corrected chi connectivity index (χ0v) is 16.4. The van der Waals surface area contributed by atoms with E-state index < -0.39 is 34.3 Å². The number of halogens is 2. The molecule has 0 aromatic heterocycles. The monoisotopic (exact) mass is 424 g/mol. The summed E-state index contributed by atoms with van der Waals surface area (Å²) in [6, 6.07) is 6.93. The van der Waals surface area contributed by atoms with E-state index in [4.69, 9.17) is 23.2 Å². The lowest BCUT2D eigenvalue weighted by Gasteiger charge is -2.26. The minimum atomic E-state index is -4.00. The Morgan fingerprint density at radius 1 is 1.26 bits per heavy atom. The van der Waals surface area contributed by atoms with Crippen LogP contribution >= 0.6 is 23.2 Å². The molecule has 0 bridgehead atoms. The molecule has 1 aromatic rings. The van der Waals surface area contributed by atoms with Crippen LogP contribution in [-0.2, 0) is 14.6 Å². The smallest absolute Gasteiger partial charge is 0.323 e. The molecule has 0 radical (unpaired) electrons. The van der Waals surface area contributed by atoms with Crippen LogP contribution in [0.2, 0.25) is 5.02 Å². The van der Waals surface area contributed by atoms with Crippen LogP contribution in [-0.4, -0.2) is 37.0 Å². The quantitative estimate of drug-likeness (QED) is 0.795. The molecule has 3 rings (SSSR count). The molecule has 9 heteroatoms. The normalized spacial score (nSPS) is 22.1. The molecule has 1 aliphatic heterocycles. The SMILES string of the molecule is CC1C(S(=O)(=O)c2ccc(Cl)cc2)=C2C(=CC=C(Cl)C2C#N)N1CC(=O)O. The van der Waals surface area contributed by atoms with E-state index in [2.05, 4.69) is 0 Å². The number of benzene rings is 1. The van der Waals surface area contributed by atoms with Crippen molar-refractivity contribution in [1.29, 1.82) is 5.26 Å². The van der Waals surface area contributed by atoms with E-state index in [-0.39, 0.29) is 20.4 Å². The van der Waals surface area contributed by atoms with Crippen molar-refractivity contribution in [2.75, 3.05) is 6.54 Å². The average molecular weight is 425 g/mol. The van der Waals surface area contributed by atoms with Crippen LogP contribution in [0.5, 0.6) is 0 Å². The molecule has 1 aromatic carbocycles. The third kappa shape index (κ3) is 3.25. The summed E-state index contributed by atoms with van der Waals surface area (Å²) in [6.07, 6.45) is 3.04. The Balaban J connectivity index is 2.25. The summed E-state index contributed by atoms with van der Waals surface area (Å²) >= 11 is 12.0. The first kappa shape index (κ1) is 19.5. The fraction of sp³-hybridized carbons (Fsp3) is 0.222. The average Bonchev–Trinajstić information content (AvgIpc) is 2.87. The predicted octanol–water partition coefficient (Wildman–Crippen LogP) is 3.32. The molecule has 1 heterocycles. The number of aliphatic carboxylic acids is 1. The van der Waals surface area contributed by atoms with Crippen LogP contribution in [0.3, 0.4) is 0 Å². The van der Waals surface area contributed by atoms with Gasteiger partial charge in [-0.2, -0.15) is 5.26 Å². The van der Waals surface area contributed by atoms with Crippen LogP contribution in [0.1, 0.15) is 6.92 Å². The van der Waals surface area contributed by atoms with Crippen molar-refractivity contribution in [2.24, 2.45) is 5.92 Å². The second-order valence-corrected chi connectivity index (χ2v) is 8.89. The third-order valence-electron chi connectivity index (χ3n) is 4.51. The van der Waals surface area contributed by atoms with E-state index >= 15 is 0 Å². The molecule has 27 heavy (non-hydrogen) atoms. The van der Waals surface area contributed by atoms with Gasteiger partial charge in [-0.05, 0) is 43.3 Å². The molecule has 0 saturated carbocycles. The zero-order chi connectivity index (χ0) is 19.9. The van der Waals surface area contributed by atoms with Gasteiger partial charge >= 0.3 is 5.97 Å². The summed E-state index contributed by atoms with van der Waals surface area (Å²) in [5.74, 6) is -2.09. The summed E-state index contributed by atoms with van der Waals surface area (Å²) in [7, 11) is -4.00. The fourth-order valence-corrected chi connectivity index (χ4v) is 5.51. The van der Waals surface area contributed by atoms with Crippen molar-refractivity contribution in [2.45, 2.75) is 17.9 Å². The molecule has 140 valence electrons. The van der Waals surface area contributed by atoms with Gasteiger partial charge in [-0.25, -0.2) is 8.42 Å². The minimum Gasteiger partial charge on any atom is -0.480 e. The first-order chi connectivity index (χ1) is 12.7. The highest BCUT2D eigenvalue weighted by Gasteiger charge is 2.45. The first-order valence-corrected chi connectivity index (χ1v) is 10.1. The maximum atomic E-state index is 13.3. The van der Waals surface area contributed by atoms with Gasteiger partial charge in [0.25, 0.3) is 0 Å². The van der Waals surface area contributed by atoms with Gasteiger partial charge in [-0.3, -0.25) is 4.79 Å². The Labute approximate surface area is 166 Å². The Kier molecular flexibility index (Phi) is 5.08. The van der Waals surface area contributed by atoms with Gasteiger partial charge in [0, 0.05) is 21.3 Å². The molecule has 0 fully saturated rings.